The molecule has 2 aromatic carbocycles. The van der Waals surface area contributed by atoms with Gasteiger partial charge in [-0.1, -0.05) is 44.2 Å². The molecule has 3 heterocycles. The van der Waals surface area contributed by atoms with Crippen LogP contribution in [-0.2, 0) is 30.7 Å². The zero-order valence-electron chi connectivity index (χ0n) is 23.9. The van der Waals surface area contributed by atoms with Gasteiger partial charge in [0.25, 0.3) is 6.01 Å². The van der Waals surface area contributed by atoms with Gasteiger partial charge in [-0.25, -0.2) is 13.2 Å². The van der Waals surface area contributed by atoms with Crippen molar-refractivity contribution in [2.75, 3.05) is 38.7 Å². The van der Waals surface area contributed by atoms with Crippen LogP contribution in [0.1, 0.15) is 25.8 Å². The number of carbonyl (C=O) groups excluding carboxylic acids is 1. The summed E-state index contributed by atoms with van der Waals surface area (Å²) in [5.74, 6) is -0.0721. The normalized spacial score (nSPS) is 21.9. The third-order valence-corrected chi connectivity index (χ3v) is 9.31. The maximum atomic E-state index is 13.9. The number of nitrogens with one attached hydrogen (secondary N) is 2. The van der Waals surface area contributed by atoms with E-state index in [4.69, 9.17) is 18.6 Å². The molecule has 2 aliphatic heterocycles. The third-order valence-electron chi connectivity index (χ3n) is 7.48. The monoisotopic (exact) mass is 602 g/mol. The van der Waals surface area contributed by atoms with E-state index >= 15 is 0 Å². The number of nitrogens with zero attached hydrogens (tertiary/aromatic N) is 2. The van der Waals surface area contributed by atoms with Gasteiger partial charge in [0.1, 0.15) is 11.6 Å². The van der Waals surface area contributed by atoms with Gasteiger partial charge < -0.3 is 34.4 Å². The second kappa shape index (κ2) is 13.0. The van der Waals surface area contributed by atoms with Crippen LogP contribution >= 0.6 is 0 Å². The summed E-state index contributed by atoms with van der Waals surface area (Å²) in [5.41, 5.74) is 1.70. The van der Waals surface area contributed by atoms with Crippen LogP contribution in [0.15, 0.2) is 57.8 Å². The first kappa shape index (κ1) is 30.2. The lowest BCUT2D eigenvalue weighted by atomic mass is 10.0. The summed E-state index contributed by atoms with van der Waals surface area (Å²) in [6, 6.07) is 13.3. The van der Waals surface area contributed by atoms with Crippen LogP contribution in [0.5, 0.6) is 0 Å². The Morgan fingerprint density at radius 3 is 2.69 bits per heavy atom. The minimum Gasteiger partial charge on any atom is -0.443 e. The van der Waals surface area contributed by atoms with Gasteiger partial charge >= 0.3 is 6.09 Å². The molecule has 12 nitrogen and oxygen atoms in total. The molecule has 5 rings (SSSR count). The molecule has 13 heteroatoms. The van der Waals surface area contributed by atoms with E-state index in [0.717, 1.165) is 12.0 Å². The average Bonchev–Trinajstić information content (AvgIpc) is 3.69. The Morgan fingerprint density at radius 1 is 1.17 bits per heavy atom. The largest absolute Gasteiger partial charge is 0.443 e. The molecule has 5 atom stereocenters. The Labute approximate surface area is 245 Å². The van der Waals surface area contributed by atoms with Crippen molar-refractivity contribution in [2.24, 2.45) is 11.8 Å². The molecule has 0 spiro atoms. The van der Waals surface area contributed by atoms with Crippen LogP contribution in [0.3, 0.4) is 0 Å². The minimum atomic E-state index is -4.05. The first-order valence-electron chi connectivity index (χ1n) is 14.1. The molecule has 3 aromatic rings. The molecule has 0 bridgehead atoms. The van der Waals surface area contributed by atoms with Crippen molar-refractivity contribution in [1.82, 2.24) is 14.6 Å². The number of hydrogen-bond acceptors (Lipinski definition) is 10. The number of amides is 1. The molecular formula is C29H38N4O8S. The van der Waals surface area contributed by atoms with Crippen LogP contribution in [0, 0.1) is 11.8 Å². The highest BCUT2D eigenvalue weighted by Crippen LogP contribution is 2.33. The summed E-state index contributed by atoms with van der Waals surface area (Å²) in [5, 5.41) is 17.1. The van der Waals surface area contributed by atoms with Crippen LogP contribution in [-0.4, -0.2) is 86.8 Å². The quantitative estimate of drug-likeness (QED) is 0.282. The van der Waals surface area contributed by atoms with E-state index in [1.165, 1.54) is 16.4 Å². The van der Waals surface area contributed by atoms with Gasteiger partial charge in [0.05, 0.1) is 36.2 Å². The molecule has 0 saturated carbocycles. The molecule has 0 radical (unpaired) electrons. The smallest absolute Gasteiger partial charge is 0.407 e. The number of benzene rings is 2. The number of rotatable bonds is 12. The maximum absolute atomic E-state index is 13.9. The molecular weight excluding hydrogens is 564 g/mol. The molecule has 2 fully saturated rings. The van der Waals surface area contributed by atoms with Crippen molar-refractivity contribution < 1.29 is 36.9 Å². The highest BCUT2D eigenvalue weighted by atomic mass is 32.2. The van der Waals surface area contributed by atoms with Crippen LogP contribution < -0.4 is 10.6 Å². The van der Waals surface area contributed by atoms with Crippen LogP contribution in [0.4, 0.5) is 10.8 Å². The fourth-order valence-electron chi connectivity index (χ4n) is 5.36. The van der Waals surface area contributed by atoms with Gasteiger partial charge in [0.2, 0.25) is 10.0 Å². The summed E-state index contributed by atoms with van der Waals surface area (Å²) >= 11 is 0. The molecule has 228 valence electrons. The second-order valence-corrected chi connectivity index (χ2v) is 13.0. The number of aromatic nitrogens is 1. The topological polar surface area (TPSA) is 152 Å². The minimum absolute atomic E-state index is 0.0169. The van der Waals surface area contributed by atoms with E-state index in [1.54, 1.807) is 13.1 Å². The molecule has 1 amide bonds. The van der Waals surface area contributed by atoms with Gasteiger partial charge in [-0.05, 0) is 36.5 Å². The summed E-state index contributed by atoms with van der Waals surface area (Å²) in [6.45, 7) is 4.48. The average molecular weight is 603 g/mol. The summed E-state index contributed by atoms with van der Waals surface area (Å²) < 4.78 is 51.3. The fraction of sp³-hybridized carbons (Fsp3) is 0.517. The highest BCUT2D eigenvalue weighted by Gasteiger charge is 2.44. The summed E-state index contributed by atoms with van der Waals surface area (Å²) in [6.07, 6.45) is -1.79. The first-order chi connectivity index (χ1) is 20.1. The number of oxazole rings is 1. The molecule has 1 aromatic heterocycles. The van der Waals surface area contributed by atoms with Gasteiger partial charge in [-0.15, -0.1) is 0 Å². The lowest BCUT2D eigenvalue weighted by molar-refractivity contribution is -0.0907. The number of anilines is 1. The number of carbonyl (C=O) groups is 1. The van der Waals surface area contributed by atoms with E-state index in [2.05, 4.69) is 15.6 Å². The Kier molecular flexibility index (Phi) is 9.33. The van der Waals surface area contributed by atoms with Gasteiger partial charge in [-0.3, -0.25) is 0 Å². The number of ether oxygens (including phenoxy) is 3. The Balaban J connectivity index is 1.35. The van der Waals surface area contributed by atoms with E-state index < -0.39 is 34.4 Å². The Bertz CT molecular complexity index is 1460. The second-order valence-electron chi connectivity index (χ2n) is 11.1. The Hall–Kier alpha value is -3.23. The van der Waals surface area contributed by atoms with Gasteiger partial charge in [-0.2, -0.15) is 9.29 Å². The maximum Gasteiger partial charge on any atom is 0.407 e. The number of fused-ring (bicyclic) bond motifs is 2. The van der Waals surface area contributed by atoms with E-state index in [0.29, 0.717) is 17.7 Å². The molecule has 3 N–H and O–H groups in total. The predicted octanol–water partition coefficient (Wildman–Crippen LogP) is 2.98. The van der Waals surface area contributed by atoms with Crippen molar-refractivity contribution in [2.45, 2.75) is 56.1 Å². The van der Waals surface area contributed by atoms with E-state index in [9.17, 15) is 18.3 Å². The van der Waals surface area contributed by atoms with Gasteiger partial charge in [0.15, 0.2) is 11.9 Å². The number of alkyl carbamates (subject to hydrolysis) is 1. The predicted molar refractivity (Wildman–Crippen MR) is 154 cm³/mol. The molecule has 42 heavy (non-hydrogen) atoms. The van der Waals surface area contributed by atoms with Crippen molar-refractivity contribution in [3.05, 3.63) is 54.1 Å². The number of aliphatic hydroxyl groups is 1. The molecule has 0 unspecified atom stereocenters. The number of aliphatic hydroxyl groups excluding tert-OH is 1. The van der Waals surface area contributed by atoms with E-state index in [1.807, 2.05) is 44.2 Å². The molecule has 2 aliphatic rings. The zero-order valence-corrected chi connectivity index (χ0v) is 24.7. The van der Waals surface area contributed by atoms with Crippen molar-refractivity contribution in [3.63, 3.8) is 0 Å². The number of hydrogen-bond donors (Lipinski definition) is 3. The fourth-order valence-corrected chi connectivity index (χ4v) is 6.99. The zero-order chi connectivity index (χ0) is 29.9. The standard InChI is InChI=1S/C29H38N4O8S/c1-18(2)15-33(42(36,37)20-9-10-22-25(14-20)40-28(30-3)31-22)16-24(34)23(13-19-7-5-4-6-8-19)32-29(35)41-26-17-39-27-21(26)11-12-38-27/h4-10,14,18,21,23-24,26-27,34H,11-13,15-17H2,1-3H3,(H,30,31)(H,32,35)/t21-,23-,24+,26-,27+/m0/s1. The van der Waals surface area contributed by atoms with Crippen molar-refractivity contribution in [3.8, 4) is 0 Å². The van der Waals surface area contributed by atoms with Crippen molar-refractivity contribution in [1.29, 1.82) is 0 Å². The first-order valence-corrected chi connectivity index (χ1v) is 15.6. The Morgan fingerprint density at radius 2 is 1.95 bits per heavy atom. The number of sulfonamides is 1. The van der Waals surface area contributed by atoms with E-state index in [-0.39, 0.29) is 55.2 Å². The van der Waals surface area contributed by atoms with Crippen LogP contribution in [0.2, 0.25) is 0 Å². The summed E-state index contributed by atoms with van der Waals surface area (Å²) in [7, 11) is -2.39. The lowest BCUT2D eigenvalue weighted by Gasteiger charge is -2.31. The van der Waals surface area contributed by atoms with Gasteiger partial charge in [0, 0.05) is 26.2 Å². The molecule has 0 aliphatic carbocycles. The van der Waals surface area contributed by atoms with Crippen molar-refractivity contribution >= 4 is 33.2 Å². The lowest BCUT2D eigenvalue weighted by Crippen LogP contribution is -2.51. The highest BCUT2D eigenvalue weighted by molar-refractivity contribution is 7.89. The van der Waals surface area contributed by atoms with Crippen LogP contribution in [0.25, 0.3) is 11.1 Å². The SMILES string of the molecule is CNc1nc2ccc(S(=O)(=O)N(CC(C)C)C[C@@H](O)[C@H](Cc3ccccc3)NC(=O)O[C@H]3CO[C@H]4OCC[C@H]43)cc2o1. The molecule has 2 saturated heterocycles. The third kappa shape index (κ3) is 6.87. The summed E-state index contributed by atoms with van der Waals surface area (Å²) in [4.78, 5) is 17.3.